The van der Waals surface area contributed by atoms with Gasteiger partial charge in [-0.2, -0.15) is 0 Å². The van der Waals surface area contributed by atoms with Crippen LogP contribution in [-0.2, 0) is 4.74 Å². The number of amides is 1. The first-order valence-electron chi connectivity index (χ1n) is 4.69. The largest absolute Gasteiger partial charge is 0.383 e. The van der Waals surface area contributed by atoms with Gasteiger partial charge in [-0.05, 0) is 31.2 Å². The van der Waals surface area contributed by atoms with E-state index in [2.05, 4.69) is 5.32 Å². The maximum atomic E-state index is 11.6. The van der Waals surface area contributed by atoms with Crippen molar-refractivity contribution in [2.45, 2.75) is 13.0 Å². The molecule has 82 valence electrons. The summed E-state index contributed by atoms with van der Waals surface area (Å²) in [5, 5.41) is 3.43. The molecule has 1 rings (SSSR count). The topological polar surface area (TPSA) is 38.3 Å². The zero-order valence-electron chi connectivity index (χ0n) is 8.79. The van der Waals surface area contributed by atoms with Crippen LogP contribution >= 0.6 is 11.6 Å². The number of hydrogen-bond acceptors (Lipinski definition) is 2. The highest BCUT2D eigenvalue weighted by molar-refractivity contribution is 6.30. The lowest BCUT2D eigenvalue weighted by atomic mass is 10.2. The van der Waals surface area contributed by atoms with Crippen LogP contribution in [-0.4, -0.2) is 25.7 Å². The minimum Gasteiger partial charge on any atom is -0.383 e. The summed E-state index contributed by atoms with van der Waals surface area (Å²) in [6.45, 7) is 2.39. The Morgan fingerprint density at radius 3 is 2.60 bits per heavy atom. The molecule has 1 atom stereocenters. The van der Waals surface area contributed by atoms with Crippen LogP contribution in [0.5, 0.6) is 0 Å². The van der Waals surface area contributed by atoms with Crippen LogP contribution in [0.2, 0.25) is 5.02 Å². The molecule has 0 heterocycles. The number of ether oxygens (including phenoxy) is 1. The summed E-state index contributed by atoms with van der Waals surface area (Å²) >= 11 is 5.72. The number of hydrogen-bond donors (Lipinski definition) is 1. The van der Waals surface area contributed by atoms with E-state index in [9.17, 15) is 4.79 Å². The van der Waals surface area contributed by atoms with Gasteiger partial charge in [0.05, 0.1) is 6.61 Å². The zero-order valence-corrected chi connectivity index (χ0v) is 9.54. The lowest BCUT2D eigenvalue weighted by molar-refractivity contribution is 0.0905. The van der Waals surface area contributed by atoms with Crippen molar-refractivity contribution in [2.75, 3.05) is 13.7 Å². The minimum absolute atomic E-state index is 0.00169. The first-order chi connectivity index (χ1) is 7.13. The summed E-state index contributed by atoms with van der Waals surface area (Å²) < 4.78 is 4.92. The molecule has 15 heavy (non-hydrogen) atoms. The van der Waals surface area contributed by atoms with Gasteiger partial charge in [-0.1, -0.05) is 11.6 Å². The van der Waals surface area contributed by atoms with Gasteiger partial charge >= 0.3 is 0 Å². The molecule has 1 aromatic carbocycles. The highest BCUT2D eigenvalue weighted by Crippen LogP contribution is 2.09. The Labute approximate surface area is 94.4 Å². The average molecular weight is 228 g/mol. The molecule has 0 aliphatic carbocycles. The minimum atomic E-state index is -0.115. The van der Waals surface area contributed by atoms with E-state index in [-0.39, 0.29) is 11.9 Å². The van der Waals surface area contributed by atoms with Gasteiger partial charge in [0.25, 0.3) is 5.91 Å². The van der Waals surface area contributed by atoms with Crippen molar-refractivity contribution in [2.24, 2.45) is 0 Å². The molecular formula is C11H14ClNO2. The van der Waals surface area contributed by atoms with Crippen LogP contribution < -0.4 is 5.32 Å². The van der Waals surface area contributed by atoms with E-state index < -0.39 is 0 Å². The van der Waals surface area contributed by atoms with Crippen molar-refractivity contribution in [3.63, 3.8) is 0 Å². The molecule has 0 spiro atoms. The maximum Gasteiger partial charge on any atom is 0.251 e. The van der Waals surface area contributed by atoms with E-state index >= 15 is 0 Å². The maximum absolute atomic E-state index is 11.6. The molecule has 0 saturated heterocycles. The fourth-order valence-corrected chi connectivity index (χ4v) is 1.33. The Morgan fingerprint density at radius 1 is 1.47 bits per heavy atom. The third-order valence-electron chi connectivity index (χ3n) is 1.90. The summed E-state index contributed by atoms with van der Waals surface area (Å²) in [5.74, 6) is -0.115. The van der Waals surface area contributed by atoms with Crippen molar-refractivity contribution in [1.29, 1.82) is 0 Å². The number of rotatable bonds is 4. The smallest absolute Gasteiger partial charge is 0.251 e. The number of methoxy groups -OCH3 is 1. The number of carbonyl (C=O) groups excluding carboxylic acids is 1. The first kappa shape index (κ1) is 12.0. The van der Waals surface area contributed by atoms with Crippen LogP contribution in [0.15, 0.2) is 24.3 Å². The molecule has 1 N–H and O–H groups in total. The van der Waals surface area contributed by atoms with E-state index in [1.807, 2.05) is 6.92 Å². The molecule has 1 unspecified atom stereocenters. The van der Waals surface area contributed by atoms with Gasteiger partial charge in [-0.25, -0.2) is 0 Å². The third-order valence-corrected chi connectivity index (χ3v) is 2.15. The molecule has 3 nitrogen and oxygen atoms in total. The van der Waals surface area contributed by atoms with Crippen LogP contribution in [0, 0.1) is 0 Å². The highest BCUT2D eigenvalue weighted by Gasteiger charge is 2.08. The van der Waals surface area contributed by atoms with E-state index in [4.69, 9.17) is 16.3 Å². The molecule has 0 aliphatic heterocycles. The van der Waals surface area contributed by atoms with E-state index in [1.54, 1.807) is 31.4 Å². The average Bonchev–Trinajstić information content (AvgIpc) is 2.18. The van der Waals surface area contributed by atoms with Crippen LogP contribution in [0.25, 0.3) is 0 Å². The van der Waals surface area contributed by atoms with Crippen LogP contribution in [0.1, 0.15) is 17.3 Å². The Hall–Kier alpha value is -1.06. The highest BCUT2D eigenvalue weighted by atomic mass is 35.5. The molecule has 4 heteroatoms. The first-order valence-corrected chi connectivity index (χ1v) is 5.06. The third kappa shape index (κ3) is 3.90. The van der Waals surface area contributed by atoms with Gasteiger partial charge in [-0.15, -0.1) is 0 Å². The Kier molecular flexibility index (Phi) is 4.59. The summed E-state index contributed by atoms with van der Waals surface area (Å²) in [5.41, 5.74) is 0.599. The van der Waals surface area contributed by atoms with Crippen molar-refractivity contribution in [3.05, 3.63) is 34.9 Å². The molecular weight excluding hydrogens is 214 g/mol. The monoisotopic (exact) mass is 227 g/mol. The second-order valence-electron chi connectivity index (χ2n) is 3.34. The van der Waals surface area contributed by atoms with Crippen LogP contribution in [0.4, 0.5) is 0 Å². The van der Waals surface area contributed by atoms with Crippen LogP contribution in [0.3, 0.4) is 0 Å². The second kappa shape index (κ2) is 5.73. The second-order valence-corrected chi connectivity index (χ2v) is 3.77. The summed E-state index contributed by atoms with van der Waals surface area (Å²) in [7, 11) is 1.60. The Morgan fingerprint density at radius 2 is 2.07 bits per heavy atom. The lowest BCUT2D eigenvalue weighted by Crippen LogP contribution is -2.35. The van der Waals surface area contributed by atoms with E-state index in [0.717, 1.165) is 0 Å². The normalized spacial score (nSPS) is 12.2. The Bertz CT molecular complexity index is 324. The molecule has 1 amide bonds. The number of benzene rings is 1. The Balaban J connectivity index is 2.57. The number of carbonyl (C=O) groups is 1. The van der Waals surface area contributed by atoms with E-state index in [1.165, 1.54) is 0 Å². The fraction of sp³-hybridized carbons (Fsp3) is 0.364. The molecule has 1 aromatic rings. The molecule has 0 fully saturated rings. The fourth-order valence-electron chi connectivity index (χ4n) is 1.20. The summed E-state index contributed by atoms with van der Waals surface area (Å²) in [4.78, 5) is 11.6. The molecule has 0 saturated carbocycles. The summed E-state index contributed by atoms with van der Waals surface area (Å²) in [6, 6.07) is 6.77. The van der Waals surface area contributed by atoms with E-state index in [0.29, 0.717) is 17.2 Å². The molecule has 0 radical (unpaired) electrons. The van der Waals surface area contributed by atoms with Gasteiger partial charge in [0.1, 0.15) is 0 Å². The predicted octanol–water partition coefficient (Wildman–Crippen LogP) is 2.10. The zero-order chi connectivity index (χ0) is 11.3. The predicted molar refractivity (Wildman–Crippen MR) is 60.3 cm³/mol. The number of halogens is 1. The lowest BCUT2D eigenvalue weighted by Gasteiger charge is -2.12. The van der Waals surface area contributed by atoms with Crippen molar-refractivity contribution >= 4 is 17.5 Å². The SMILES string of the molecule is COCC(C)NC(=O)c1ccc(Cl)cc1. The van der Waals surface area contributed by atoms with Crippen molar-refractivity contribution in [1.82, 2.24) is 5.32 Å². The van der Waals surface area contributed by atoms with Crippen molar-refractivity contribution in [3.8, 4) is 0 Å². The van der Waals surface area contributed by atoms with Gasteiger partial charge in [0.15, 0.2) is 0 Å². The standard InChI is InChI=1S/C11H14ClNO2/c1-8(7-15-2)13-11(14)9-3-5-10(12)6-4-9/h3-6,8H,7H2,1-2H3,(H,13,14). The van der Waals surface area contributed by atoms with Gasteiger partial charge in [0, 0.05) is 23.7 Å². The number of nitrogens with one attached hydrogen (secondary N) is 1. The summed E-state index contributed by atoms with van der Waals surface area (Å²) in [6.07, 6.45) is 0. The van der Waals surface area contributed by atoms with Gasteiger partial charge in [0.2, 0.25) is 0 Å². The van der Waals surface area contributed by atoms with Gasteiger partial charge in [-0.3, -0.25) is 4.79 Å². The quantitative estimate of drug-likeness (QED) is 0.856. The van der Waals surface area contributed by atoms with Gasteiger partial charge < -0.3 is 10.1 Å². The molecule has 0 aromatic heterocycles. The molecule has 0 aliphatic rings. The van der Waals surface area contributed by atoms with Crippen molar-refractivity contribution < 1.29 is 9.53 Å². The molecule has 0 bridgehead atoms.